The van der Waals surface area contributed by atoms with Crippen LogP contribution in [0.3, 0.4) is 0 Å². The number of ether oxygens (including phenoxy) is 3. The molecule has 0 aliphatic carbocycles. The van der Waals surface area contributed by atoms with Gasteiger partial charge in [-0.05, 0) is 63.5 Å². The zero-order chi connectivity index (χ0) is 25.2. The fraction of sp³-hybridized carbons (Fsp3) is 0.519. The Morgan fingerprint density at radius 1 is 1.03 bits per heavy atom. The highest BCUT2D eigenvalue weighted by Crippen LogP contribution is 2.28. The van der Waals surface area contributed by atoms with Crippen molar-refractivity contribution >= 4 is 5.91 Å². The summed E-state index contributed by atoms with van der Waals surface area (Å²) in [7, 11) is 5.02. The number of rotatable bonds is 9. The smallest absolute Gasteiger partial charge is 0.253 e. The van der Waals surface area contributed by atoms with Crippen LogP contribution in [0.4, 0.5) is 0 Å². The molecule has 1 aliphatic rings. The summed E-state index contributed by atoms with van der Waals surface area (Å²) in [5.74, 6) is 1.17. The van der Waals surface area contributed by atoms with Gasteiger partial charge in [-0.3, -0.25) is 4.79 Å². The van der Waals surface area contributed by atoms with Crippen LogP contribution >= 0.6 is 0 Å². The summed E-state index contributed by atoms with van der Waals surface area (Å²) in [6.07, 6.45) is 3.56. The van der Waals surface area contributed by atoms with Crippen LogP contribution in [0.1, 0.15) is 49.0 Å². The van der Waals surface area contributed by atoms with Gasteiger partial charge in [0.1, 0.15) is 0 Å². The quantitative estimate of drug-likeness (QED) is 0.532. The van der Waals surface area contributed by atoms with Crippen molar-refractivity contribution in [2.24, 2.45) is 0 Å². The molecule has 3 rings (SSSR count). The molecule has 0 aromatic heterocycles. The third-order valence-electron chi connectivity index (χ3n) is 5.24. The molecule has 7 heteroatoms. The van der Waals surface area contributed by atoms with Crippen molar-refractivity contribution in [3.05, 3.63) is 59.7 Å². The maximum atomic E-state index is 12.3. The van der Waals surface area contributed by atoms with Crippen molar-refractivity contribution in [3.8, 4) is 11.5 Å². The number of carbonyl (C=O) groups is 1. The Bertz CT molecular complexity index is 787. The number of carbonyl (C=O) groups excluding carboxylic acids is 1. The number of benzene rings is 2. The molecular weight excluding hydrogens is 432 g/mol. The van der Waals surface area contributed by atoms with Crippen LogP contribution in [0.5, 0.6) is 11.5 Å². The minimum atomic E-state index is -0.0330. The molecule has 1 amide bonds. The summed E-state index contributed by atoms with van der Waals surface area (Å²) >= 11 is 0. The summed E-state index contributed by atoms with van der Waals surface area (Å²) in [5, 5.41) is 11.8. The zero-order valence-electron chi connectivity index (χ0n) is 21.4. The SMILES string of the molecule is C1CCNC1.COCCCOc1cc(C(=O)N(C)C(C)C)ccc1OC.OCc1ccccc1. The molecule has 34 heavy (non-hydrogen) atoms. The lowest BCUT2D eigenvalue weighted by molar-refractivity contribution is 0.0754. The van der Waals surface area contributed by atoms with Gasteiger partial charge < -0.3 is 29.5 Å². The predicted molar refractivity (Wildman–Crippen MR) is 137 cm³/mol. The lowest BCUT2D eigenvalue weighted by Crippen LogP contribution is -2.32. The fourth-order valence-corrected chi connectivity index (χ4v) is 2.95. The maximum absolute atomic E-state index is 12.3. The van der Waals surface area contributed by atoms with Gasteiger partial charge in [-0.25, -0.2) is 0 Å². The van der Waals surface area contributed by atoms with E-state index in [2.05, 4.69) is 5.32 Å². The van der Waals surface area contributed by atoms with Crippen molar-refractivity contribution in [1.82, 2.24) is 10.2 Å². The highest BCUT2D eigenvalue weighted by Gasteiger charge is 2.16. The fourth-order valence-electron chi connectivity index (χ4n) is 2.95. The van der Waals surface area contributed by atoms with Gasteiger partial charge in [0.15, 0.2) is 11.5 Å². The number of aliphatic hydroxyl groups is 1. The summed E-state index contributed by atoms with van der Waals surface area (Å²) in [6, 6.07) is 14.9. The lowest BCUT2D eigenvalue weighted by Gasteiger charge is -2.22. The predicted octanol–water partition coefficient (Wildman–Crippen LogP) is 4.14. The summed E-state index contributed by atoms with van der Waals surface area (Å²) in [6.45, 7) is 7.74. The molecule has 0 saturated carbocycles. The first-order valence-corrected chi connectivity index (χ1v) is 11.9. The van der Waals surface area contributed by atoms with Crippen LogP contribution in [0.2, 0.25) is 0 Å². The van der Waals surface area contributed by atoms with E-state index in [9.17, 15) is 4.79 Å². The lowest BCUT2D eigenvalue weighted by atomic mass is 10.1. The molecule has 0 spiro atoms. The average Bonchev–Trinajstić information content (AvgIpc) is 3.47. The number of hydrogen-bond donors (Lipinski definition) is 2. The monoisotopic (exact) mass is 474 g/mol. The van der Waals surface area contributed by atoms with E-state index in [0.29, 0.717) is 30.3 Å². The van der Waals surface area contributed by atoms with Crippen LogP contribution in [-0.4, -0.2) is 69.5 Å². The molecule has 1 fully saturated rings. The molecule has 2 N–H and O–H groups in total. The molecule has 190 valence electrons. The first kappa shape index (κ1) is 29.4. The molecule has 0 atom stereocenters. The Kier molecular flexibility index (Phi) is 15.4. The zero-order valence-corrected chi connectivity index (χ0v) is 21.4. The second kappa shape index (κ2) is 17.8. The minimum absolute atomic E-state index is 0.0330. The van der Waals surface area contributed by atoms with E-state index < -0.39 is 0 Å². The van der Waals surface area contributed by atoms with E-state index in [1.807, 2.05) is 44.2 Å². The van der Waals surface area contributed by atoms with E-state index in [-0.39, 0.29) is 18.6 Å². The Morgan fingerprint density at radius 2 is 1.71 bits per heavy atom. The normalized spacial score (nSPS) is 12.2. The molecule has 1 aliphatic heterocycles. The van der Waals surface area contributed by atoms with E-state index in [0.717, 1.165) is 12.0 Å². The van der Waals surface area contributed by atoms with E-state index >= 15 is 0 Å². The third kappa shape index (κ3) is 11.5. The number of nitrogens with zero attached hydrogens (tertiary/aromatic N) is 1. The van der Waals surface area contributed by atoms with Gasteiger partial charge in [-0.2, -0.15) is 0 Å². The molecule has 7 nitrogen and oxygen atoms in total. The van der Waals surface area contributed by atoms with Crippen LogP contribution in [-0.2, 0) is 11.3 Å². The Balaban J connectivity index is 0.000000356. The molecule has 1 saturated heterocycles. The molecule has 2 aromatic carbocycles. The molecule has 0 bridgehead atoms. The summed E-state index contributed by atoms with van der Waals surface area (Å²) in [5.41, 5.74) is 1.56. The van der Waals surface area contributed by atoms with Crippen LogP contribution in [0.15, 0.2) is 48.5 Å². The molecule has 1 heterocycles. The highest BCUT2D eigenvalue weighted by atomic mass is 16.5. The number of hydrogen-bond acceptors (Lipinski definition) is 6. The van der Waals surface area contributed by atoms with Gasteiger partial charge in [0.25, 0.3) is 5.91 Å². The average molecular weight is 475 g/mol. The highest BCUT2D eigenvalue weighted by molar-refractivity contribution is 5.94. The molecule has 0 radical (unpaired) electrons. The van der Waals surface area contributed by atoms with Gasteiger partial charge >= 0.3 is 0 Å². The Labute approximate surface area is 205 Å². The van der Waals surface area contributed by atoms with E-state index in [1.165, 1.54) is 25.9 Å². The van der Waals surface area contributed by atoms with Crippen molar-refractivity contribution in [2.75, 3.05) is 47.6 Å². The van der Waals surface area contributed by atoms with Crippen LogP contribution < -0.4 is 14.8 Å². The summed E-state index contributed by atoms with van der Waals surface area (Å²) < 4.78 is 15.9. The standard InChI is InChI=1S/C16H25NO4.C7H8O.C4H9N/c1-12(2)17(3)16(18)13-7-8-14(20-5)15(11-13)21-10-6-9-19-4;8-6-7-4-2-1-3-5-7;1-2-4-5-3-1/h7-8,11-12H,6,9-10H2,1-5H3;1-5,8H,6H2;5H,1-4H2. The van der Waals surface area contributed by atoms with Crippen molar-refractivity contribution in [2.45, 2.75) is 45.8 Å². The van der Waals surface area contributed by atoms with Crippen molar-refractivity contribution in [3.63, 3.8) is 0 Å². The van der Waals surface area contributed by atoms with Gasteiger partial charge in [-0.1, -0.05) is 30.3 Å². The number of methoxy groups -OCH3 is 2. The minimum Gasteiger partial charge on any atom is -0.493 e. The Morgan fingerprint density at radius 3 is 2.18 bits per heavy atom. The number of aliphatic hydroxyl groups excluding tert-OH is 1. The van der Waals surface area contributed by atoms with Crippen LogP contribution in [0, 0.1) is 0 Å². The number of amides is 1. The molecule has 2 aromatic rings. The van der Waals surface area contributed by atoms with Crippen molar-refractivity contribution < 1.29 is 24.1 Å². The first-order chi connectivity index (χ1) is 16.4. The van der Waals surface area contributed by atoms with Crippen LogP contribution in [0.25, 0.3) is 0 Å². The van der Waals surface area contributed by atoms with E-state index in [4.69, 9.17) is 19.3 Å². The number of nitrogens with one attached hydrogen (secondary N) is 1. The second-order valence-electron chi connectivity index (χ2n) is 8.17. The topological polar surface area (TPSA) is 80.3 Å². The van der Waals surface area contributed by atoms with Gasteiger partial charge in [0.2, 0.25) is 0 Å². The van der Waals surface area contributed by atoms with Crippen molar-refractivity contribution in [1.29, 1.82) is 0 Å². The van der Waals surface area contributed by atoms with Gasteiger partial charge in [-0.15, -0.1) is 0 Å². The molecule has 0 unspecified atom stereocenters. The van der Waals surface area contributed by atoms with E-state index in [1.54, 1.807) is 44.4 Å². The largest absolute Gasteiger partial charge is 0.493 e. The van der Waals surface area contributed by atoms with Gasteiger partial charge in [0, 0.05) is 38.8 Å². The van der Waals surface area contributed by atoms with Gasteiger partial charge in [0.05, 0.1) is 20.3 Å². The third-order valence-corrected chi connectivity index (χ3v) is 5.24. The first-order valence-electron chi connectivity index (χ1n) is 11.9. The Hall–Kier alpha value is -2.61. The second-order valence-corrected chi connectivity index (χ2v) is 8.17. The summed E-state index contributed by atoms with van der Waals surface area (Å²) in [4.78, 5) is 14.0. The maximum Gasteiger partial charge on any atom is 0.253 e. The molecular formula is C27H42N2O5.